The number of ether oxygens (including phenoxy) is 2. The zero-order valence-corrected chi connectivity index (χ0v) is 11.2. The number of halogens is 3. The van der Waals surface area contributed by atoms with E-state index in [-0.39, 0.29) is 18.2 Å². The topological polar surface area (TPSA) is 50.7 Å². The molecule has 0 spiro atoms. The molecule has 0 radical (unpaired) electrons. The van der Waals surface area contributed by atoms with E-state index in [1.807, 2.05) is 0 Å². The van der Waals surface area contributed by atoms with Crippen LogP contribution in [0.1, 0.15) is 0 Å². The Morgan fingerprint density at radius 2 is 2.11 bits per heavy atom. The molecular weight excluding hydrogens is 280 g/mol. The number of anilines is 1. The largest absolute Gasteiger partial charge is 0.493 e. The van der Waals surface area contributed by atoms with Crippen LogP contribution in [0.5, 0.6) is 11.5 Å². The first-order valence-electron chi connectivity index (χ1n) is 5.63. The molecule has 1 aromatic rings. The second-order valence-electron chi connectivity index (χ2n) is 3.76. The van der Waals surface area contributed by atoms with Gasteiger partial charge in [0.15, 0.2) is 11.5 Å². The van der Waals surface area contributed by atoms with Crippen molar-refractivity contribution in [3.8, 4) is 11.5 Å². The van der Waals surface area contributed by atoms with E-state index >= 15 is 0 Å². The first kappa shape index (κ1) is 15.8. The summed E-state index contributed by atoms with van der Waals surface area (Å²) in [5.41, 5.74) is 0.672. The van der Waals surface area contributed by atoms with Gasteiger partial charge in [0.25, 0.3) is 6.43 Å². The Hall–Kier alpha value is -1.27. The van der Waals surface area contributed by atoms with Crippen LogP contribution in [0.3, 0.4) is 0 Å². The Kier molecular flexibility index (Phi) is 6.66. The number of hydrogen-bond donors (Lipinski definition) is 2. The molecule has 0 aliphatic rings. The van der Waals surface area contributed by atoms with Crippen LogP contribution >= 0.6 is 11.6 Å². The van der Waals surface area contributed by atoms with Gasteiger partial charge in [0, 0.05) is 18.3 Å². The average molecular weight is 296 g/mol. The molecule has 108 valence electrons. The summed E-state index contributed by atoms with van der Waals surface area (Å²) >= 11 is 5.47. The number of alkyl halides is 3. The second kappa shape index (κ2) is 8.01. The fraction of sp³-hybridized carbons (Fsp3) is 0.500. The van der Waals surface area contributed by atoms with Gasteiger partial charge in [-0.05, 0) is 12.1 Å². The minimum absolute atomic E-state index is 0.125. The first-order valence-corrected chi connectivity index (χ1v) is 6.17. The van der Waals surface area contributed by atoms with Crippen LogP contribution in [0.4, 0.5) is 14.5 Å². The molecule has 0 heterocycles. The van der Waals surface area contributed by atoms with Gasteiger partial charge in [-0.25, -0.2) is 8.78 Å². The van der Waals surface area contributed by atoms with Gasteiger partial charge < -0.3 is 19.9 Å². The number of benzene rings is 1. The van der Waals surface area contributed by atoms with Crippen molar-refractivity contribution in [3.63, 3.8) is 0 Å². The van der Waals surface area contributed by atoms with Gasteiger partial charge in [-0.3, -0.25) is 0 Å². The molecule has 4 nitrogen and oxygen atoms in total. The Balaban J connectivity index is 2.66. The maximum absolute atomic E-state index is 12.1. The molecule has 0 amide bonds. The lowest BCUT2D eigenvalue weighted by molar-refractivity contribution is 0.0804. The molecule has 7 heteroatoms. The van der Waals surface area contributed by atoms with Crippen LogP contribution in [0.25, 0.3) is 0 Å². The maximum Gasteiger partial charge on any atom is 0.272 e. The predicted molar refractivity (Wildman–Crippen MR) is 69.7 cm³/mol. The van der Waals surface area contributed by atoms with Crippen molar-refractivity contribution < 1.29 is 23.4 Å². The van der Waals surface area contributed by atoms with E-state index in [0.717, 1.165) is 0 Å². The van der Waals surface area contributed by atoms with Crippen LogP contribution in [0, 0.1) is 0 Å². The summed E-state index contributed by atoms with van der Waals surface area (Å²) in [4.78, 5) is 0. The zero-order valence-electron chi connectivity index (χ0n) is 10.4. The third-order valence-electron chi connectivity index (χ3n) is 2.25. The van der Waals surface area contributed by atoms with E-state index in [1.54, 1.807) is 12.1 Å². The first-order chi connectivity index (χ1) is 9.06. The summed E-state index contributed by atoms with van der Waals surface area (Å²) in [7, 11) is 1.42. The van der Waals surface area contributed by atoms with Gasteiger partial charge in [-0.1, -0.05) is 0 Å². The lowest BCUT2D eigenvalue weighted by atomic mass is 10.2. The summed E-state index contributed by atoms with van der Waals surface area (Å²) in [5.74, 6) is 0.706. The molecule has 0 aliphatic heterocycles. The van der Waals surface area contributed by atoms with Gasteiger partial charge in [0.1, 0.15) is 6.61 Å². The van der Waals surface area contributed by atoms with Gasteiger partial charge in [0.2, 0.25) is 0 Å². The highest BCUT2D eigenvalue weighted by molar-refractivity contribution is 6.18. The molecule has 0 bridgehead atoms. The molecular formula is C12H16ClF2NO3. The number of aliphatic hydroxyl groups excluding tert-OH is 1. The van der Waals surface area contributed by atoms with Crippen molar-refractivity contribution in [2.45, 2.75) is 12.5 Å². The van der Waals surface area contributed by atoms with Crippen molar-refractivity contribution in [2.24, 2.45) is 0 Å². The maximum atomic E-state index is 12.1. The summed E-state index contributed by atoms with van der Waals surface area (Å²) in [5, 5.41) is 12.3. The van der Waals surface area contributed by atoms with Crippen molar-refractivity contribution >= 4 is 17.3 Å². The van der Waals surface area contributed by atoms with Crippen molar-refractivity contribution in [1.82, 2.24) is 0 Å². The number of methoxy groups -OCH3 is 1. The Morgan fingerprint density at radius 3 is 2.68 bits per heavy atom. The standard InChI is InChI=1S/C12H16ClF2NO3/c1-18-11-4-8(16-6-9(17)5-13)2-3-10(11)19-7-12(14)15/h2-4,9,12,16-17H,5-7H2,1H3. The van der Waals surface area contributed by atoms with Crippen molar-refractivity contribution in [2.75, 3.05) is 31.5 Å². The lowest BCUT2D eigenvalue weighted by Gasteiger charge is -2.14. The Bertz CT molecular complexity index is 393. The van der Waals surface area contributed by atoms with Crippen LogP contribution in [0.2, 0.25) is 0 Å². The highest BCUT2D eigenvalue weighted by Crippen LogP contribution is 2.30. The monoisotopic (exact) mass is 295 g/mol. The fourth-order valence-corrected chi connectivity index (χ4v) is 1.45. The van der Waals surface area contributed by atoms with E-state index in [4.69, 9.17) is 21.1 Å². The molecule has 2 N–H and O–H groups in total. The quantitative estimate of drug-likeness (QED) is 0.723. The predicted octanol–water partition coefficient (Wildman–Crippen LogP) is 2.35. The normalized spacial score (nSPS) is 12.3. The third-order valence-corrected chi connectivity index (χ3v) is 2.60. The molecule has 1 aromatic carbocycles. The molecule has 0 aromatic heterocycles. The summed E-state index contributed by atoms with van der Waals surface area (Å²) < 4.78 is 34.1. The number of nitrogens with one attached hydrogen (secondary N) is 1. The van der Waals surface area contributed by atoms with E-state index in [0.29, 0.717) is 11.4 Å². The van der Waals surface area contributed by atoms with E-state index in [1.165, 1.54) is 13.2 Å². The van der Waals surface area contributed by atoms with Gasteiger partial charge >= 0.3 is 0 Å². The minimum Gasteiger partial charge on any atom is -0.493 e. The van der Waals surface area contributed by atoms with E-state index < -0.39 is 19.1 Å². The van der Waals surface area contributed by atoms with Crippen LogP contribution in [0.15, 0.2) is 18.2 Å². The van der Waals surface area contributed by atoms with Gasteiger partial charge in [0.05, 0.1) is 19.1 Å². The smallest absolute Gasteiger partial charge is 0.272 e. The van der Waals surface area contributed by atoms with Crippen LogP contribution in [-0.4, -0.2) is 43.8 Å². The second-order valence-corrected chi connectivity index (χ2v) is 4.07. The number of aliphatic hydroxyl groups is 1. The average Bonchev–Trinajstić information content (AvgIpc) is 2.42. The Labute approximate surface area is 115 Å². The molecule has 0 saturated heterocycles. The van der Waals surface area contributed by atoms with Crippen molar-refractivity contribution in [1.29, 1.82) is 0 Å². The van der Waals surface area contributed by atoms with Crippen LogP contribution in [-0.2, 0) is 0 Å². The molecule has 19 heavy (non-hydrogen) atoms. The van der Waals surface area contributed by atoms with E-state index in [2.05, 4.69) is 5.32 Å². The third kappa shape index (κ3) is 5.48. The number of hydrogen-bond acceptors (Lipinski definition) is 4. The molecule has 0 aliphatic carbocycles. The molecule has 1 unspecified atom stereocenters. The zero-order chi connectivity index (χ0) is 14.3. The van der Waals surface area contributed by atoms with E-state index in [9.17, 15) is 13.9 Å². The molecule has 0 saturated carbocycles. The highest BCUT2D eigenvalue weighted by Gasteiger charge is 2.10. The fourth-order valence-electron chi connectivity index (χ4n) is 1.34. The SMILES string of the molecule is COc1cc(NCC(O)CCl)ccc1OCC(F)F. The van der Waals surface area contributed by atoms with Gasteiger partial charge in [-0.15, -0.1) is 11.6 Å². The highest BCUT2D eigenvalue weighted by atomic mass is 35.5. The minimum atomic E-state index is -2.54. The lowest BCUT2D eigenvalue weighted by Crippen LogP contribution is -2.20. The summed E-state index contributed by atoms with van der Waals surface area (Å²) in [6.45, 7) is -0.405. The molecule has 0 fully saturated rings. The molecule has 1 rings (SSSR count). The van der Waals surface area contributed by atoms with Gasteiger partial charge in [-0.2, -0.15) is 0 Å². The van der Waals surface area contributed by atoms with Crippen LogP contribution < -0.4 is 14.8 Å². The number of rotatable bonds is 8. The Morgan fingerprint density at radius 1 is 1.37 bits per heavy atom. The van der Waals surface area contributed by atoms with Crippen molar-refractivity contribution in [3.05, 3.63) is 18.2 Å². The summed E-state index contributed by atoms with van der Waals surface area (Å²) in [6.07, 6.45) is -3.20. The summed E-state index contributed by atoms with van der Waals surface area (Å²) in [6, 6.07) is 4.77. The molecule has 1 atom stereocenters.